The molecule has 46 heavy (non-hydrogen) atoms. The van der Waals surface area contributed by atoms with Crippen molar-refractivity contribution in [2.75, 3.05) is 0 Å². The van der Waals surface area contributed by atoms with Crippen molar-refractivity contribution < 1.29 is 44.1 Å². The smallest absolute Gasteiger partial charge is 1.00 e. The second kappa shape index (κ2) is 14.4. The maximum absolute atomic E-state index is 6.41. The van der Waals surface area contributed by atoms with Crippen LogP contribution in [0.5, 0.6) is 0 Å². The molecule has 0 saturated carbocycles. The van der Waals surface area contributed by atoms with E-state index in [0.717, 1.165) is 21.2 Å². The van der Waals surface area contributed by atoms with Crippen molar-refractivity contribution in [2.24, 2.45) is 11.3 Å². The Bertz CT molecular complexity index is 1860. The van der Waals surface area contributed by atoms with Crippen molar-refractivity contribution in [3.8, 4) is 11.1 Å². The van der Waals surface area contributed by atoms with Crippen LogP contribution in [0.4, 0.5) is 0 Å². The molecule has 0 saturated heterocycles. The van der Waals surface area contributed by atoms with E-state index in [1.54, 1.807) is 3.28 Å². The van der Waals surface area contributed by atoms with Gasteiger partial charge in [0.2, 0.25) is 0 Å². The van der Waals surface area contributed by atoms with Crippen LogP contribution < -0.4 is 24.8 Å². The molecule has 4 aromatic rings. The van der Waals surface area contributed by atoms with E-state index >= 15 is 0 Å². The summed E-state index contributed by atoms with van der Waals surface area (Å²) < 4.78 is 7.15. The van der Waals surface area contributed by atoms with E-state index in [4.69, 9.17) is 23.2 Å². The predicted octanol–water partition coefficient (Wildman–Crippen LogP) is 5.72. The van der Waals surface area contributed by atoms with Crippen LogP contribution in [0, 0.1) is 11.3 Å². The summed E-state index contributed by atoms with van der Waals surface area (Å²) in [7, 11) is 0. The van der Waals surface area contributed by atoms with E-state index in [1.165, 1.54) is 39.0 Å². The van der Waals surface area contributed by atoms with Gasteiger partial charge >= 0.3 is 278 Å². The normalized spacial score (nSPS) is 14.7. The SMILES string of the molecule is C=Cc1ccc2c(c1)-c1cc(C=C)ccc1[CH]2[Zr+2](=[CH]c1ccc(Cl)cc1)(=[CH]c1ccc(Cl)cc1)[C]1=CC(C(C)(C)C)=CC1C.[Cl-].[Cl-]. The standard InChI is InChI=1S/C17H13.C10H15.2C7H5Cl.2ClH.Zr/c1-3-12-5-7-14-11-15-8-6-13(4-2)10-17(15)16(14)9-12;1-8-5-6-9(7-8)10(2,3)4;2*1-6-2-4-7(8)5-3-6;;;/h3-11H,1-2H2;6-8H,1-4H3;2*1-5H;2*1H;/q;;;;;;+2/p-2. The molecule has 0 heterocycles. The second-order valence-electron chi connectivity index (χ2n) is 13.1. The fraction of sp³-hybridized carbons (Fsp3) is 0.171. The molecule has 5 heteroatoms. The van der Waals surface area contributed by atoms with E-state index < -0.39 is 19.3 Å². The summed E-state index contributed by atoms with van der Waals surface area (Å²) in [5, 5.41) is 1.50. The summed E-state index contributed by atoms with van der Waals surface area (Å²) in [6.07, 6.45) is 8.96. The van der Waals surface area contributed by atoms with Crippen molar-refractivity contribution >= 4 is 42.8 Å². The Morgan fingerprint density at radius 2 is 1.07 bits per heavy atom. The van der Waals surface area contributed by atoms with E-state index in [-0.39, 0.29) is 33.9 Å². The van der Waals surface area contributed by atoms with Crippen LogP contribution in [-0.2, 0) is 19.3 Å². The molecule has 2 aliphatic carbocycles. The van der Waals surface area contributed by atoms with Crippen LogP contribution in [0.25, 0.3) is 23.3 Å². The molecule has 0 nitrogen and oxygen atoms in total. The molecule has 0 bridgehead atoms. The summed E-state index contributed by atoms with van der Waals surface area (Å²) in [4.78, 5) is 0. The number of fused-ring (bicyclic) bond motifs is 3. The predicted molar refractivity (Wildman–Crippen MR) is 192 cm³/mol. The average Bonchev–Trinajstić information content (AvgIpc) is 3.57. The maximum Gasteiger partial charge on any atom is -1.00 e. The van der Waals surface area contributed by atoms with Gasteiger partial charge in [0.25, 0.3) is 0 Å². The quantitative estimate of drug-likeness (QED) is 0.236. The van der Waals surface area contributed by atoms with Gasteiger partial charge in [-0.3, -0.25) is 0 Å². The number of hydrogen-bond donors (Lipinski definition) is 0. The molecule has 6 rings (SSSR count). The zero-order valence-electron chi connectivity index (χ0n) is 26.6. The van der Waals surface area contributed by atoms with Gasteiger partial charge in [0.1, 0.15) is 0 Å². The first-order valence-corrected chi connectivity index (χ1v) is 21.5. The molecule has 1 unspecified atom stereocenters. The number of rotatable bonds is 6. The fourth-order valence-corrected chi connectivity index (χ4v) is 20.4. The molecule has 2 aliphatic rings. The van der Waals surface area contributed by atoms with Crippen molar-refractivity contribution in [3.63, 3.8) is 0 Å². The van der Waals surface area contributed by atoms with Crippen LogP contribution in [-0.4, -0.2) is 7.42 Å². The van der Waals surface area contributed by atoms with Gasteiger partial charge in [-0.25, -0.2) is 0 Å². The Morgan fingerprint density at radius 3 is 1.43 bits per heavy atom. The van der Waals surface area contributed by atoms with Crippen LogP contribution in [0.2, 0.25) is 10.0 Å². The van der Waals surface area contributed by atoms with Crippen molar-refractivity contribution in [2.45, 2.75) is 31.3 Å². The van der Waals surface area contributed by atoms with Gasteiger partial charge in [-0.1, -0.05) is 0 Å². The van der Waals surface area contributed by atoms with Gasteiger partial charge in [-0.2, -0.15) is 0 Å². The average molecular weight is 764 g/mol. The van der Waals surface area contributed by atoms with Crippen LogP contribution in [0.1, 0.15) is 64.7 Å². The molecule has 0 radical (unpaired) electrons. The third-order valence-corrected chi connectivity index (χ3v) is 21.5. The number of hydrogen-bond acceptors (Lipinski definition) is 0. The first-order chi connectivity index (χ1) is 21.0. The van der Waals surface area contributed by atoms with Gasteiger partial charge in [0.15, 0.2) is 0 Å². The Kier molecular flexibility index (Phi) is 11.4. The second-order valence-corrected chi connectivity index (χ2v) is 22.8. The molecule has 1 atom stereocenters. The first kappa shape index (κ1) is 36.5. The topological polar surface area (TPSA) is 0 Å². The summed E-state index contributed by atoms with van der Waals surface area (Å²) >= 11 is 8.91. The van der Waals surface area contributed by atoms with Crippen molar-refractivity contribution in [1.29, 1.82) is 0 Å². The third-order valence-electron chi connectivity index (χ3n) is 9.16. The Labute approximate surface area is 300 Å². The molecule has 0 aromatic heterocycles. The first-order valence-electron chi connectivity index (χ1n) is 15.2. The summed E-state index contributed by atoms with van der Waals surface area (Å²) in [6.45, 7) is 17.5. The van der Waals surface area contributed by atoms with Crippen molar-refractivity contribution in [1.82, 2.24) is 0 Å². The number of allylic oxidation sites excluding steroid dienone is 4. The molecule has 0 N–H and O–H groups in total. The monoisotopic (exact) mass is 760 g/mol. The molecule has 0 fully saturated rings. The molecule has 0 aliphatic heterocycles. The fourth-order valence-electron chi connectivity index (χ4n) is 6.96. The number of halogens is 4. The minimum atomic E-state index is -3.91. The Hall–Kier alpha value is -2.38. The van der Waals surface area contributed by atoms with E-state index in [1.807, 2.05) is 36.4 Å². The van der Waals surface area contributed by atoms with E-state index in [2.05, 4.69) is 121 Å². The van der Waals surface area contributed by atoms with E-state index in [9.17, 15) is 0 Å². The van der Waals surface area contributed by atoms with Gasteiger partial charge in [0.05, 0.1) is 0 Å². The molecule has 0 spiro atoms. The summed E-state index contributed by atoms with van der Waals surface area (Å²) in [5.74, 6) is 0.319. The van der Waals surface area contributed by atoms with Gasteiger partial charge < -0.3 is 24.8 Å². The largest absolute Gasteiger partial charge is 1.00 e. The maximum atomic E-state index is 6.41. The van der Waals surface area contributed by atoms with E-state index in [0.29, 0.717) is 5.92 Å². The Balaban J connectivity index is 0.00000240. The zero-order chi connectivity index (χ0) is 31.2. The van der Waals surface area contributed by atoms with Gasteiger partial charge in [-0.15, -0.1) is 0 Å². The third kappa shape index (κ3) is 6.92. The molecule has 4 aromatic carbocycles. The molecular weight excluding hydrogens is 725 g/mol. The van der Waals surface area contributed by atoms with Crippen LogP contribution in [0.15, 0.2) is 119 Å². The van der Waals surface area contributed by atoms with Gasteiger partial charge in [0, 0.05) is 0 Å². The minimum absolute atomic E-state index is 0. The Morgan fingerprint density at radius 1 is 0.652 bits per heavy atom. The molecule has 0 amide bonds. The minimum Gasteiger partial charge on any atom is -1.00 e. The summed E-state index contributed by atoms with van der Waals surface area (Å²) in [5.41, 5.74) is 11.6. The zero-order valence-corrected chi connectivity index (χ0v) is 32.1. The van der Waals surface area contributed by atoms with Gasteiger partial charge in [-0.05, 0) is 0 Å². The van der Waals surface area contributed by atoms with Crippen LogP contribution >= 0.6 is 23.2 Å². The van der Waals surface area contributed by atoms with Crippen molar-refractivity contribution in [3.05, 3.63) is 163 Å². The summed E-state index contributed by atoms with van der Waals surface area (Å²) in [6, 6.07) is 30.6. The molecule has 234 valence electrons. The van der Waals surface area contributed by atoms with Crippen LogP contribution in [0.3, 0.4) is 0 Å². The molecular formula is C41H38Cl4Zr. The number of benzene rings is 4.